The number of carbonyl (C=O) groups excluding carboxylic acids is 3. The van der Waals surface area contributed by atoms with E-state index < -0.39 is 88.8 Å². The van der Waals surface area contributed by atoms with Crippen molar-refractivity contribution in [1.29, 1.82) is 0 Å². The highest BCUT2D eigenvalue weighted by Crippen LogP contribution is 2.53. The molecule has 3 aliphatic rings. The van der Waals surface area contributed by atoms with Gasteiger partial charge in [0.25, 0.3) is 11.7 Å². The van der Waals surface area contributed by atoms with Crippen LogP contribution in [0.2, 0.25) is 0 Å². The normalized spacial score (nSPS) is 33.2. The molecule has 50 heavy (non-hydrogen) atoms. The third-order valence-electron chi connectivity index (χ3n) is 9.84. The van der Waals surface area contributed by atoms with Gasteiger partial charge < -0.3 is 49.8 Å². The number of hydrogen-bond acceptors (Lipinski definition) is 12. The molecule has 13 nitrogen and oxygen atoms in total. The first-order valence-corrected chi connectivity index (χ1v) is 16.4. The van der Waals surface area contributed by atoms with Crippen molar-refractivity contribution >= 4 is 34.1 Å². The molecule has 0 aromatic heterocycles. The molecule has 0 radical (unpaired) electrons. The first-order valence-electron chi connectivity index (χ1n) is 16.4. The van der Waals surface area contributed by atoms with E-state index in [-0.39, 0.29) is 38.9 Å². The second kappa shape index (κ2) is 14.7. The molecule has 0 aliphatic carbocycles. The van der Waals surface area contributed by atoms with Gasteiger partial charge in [-0.1, -0.05) is 45.9 Å². The second-order valence-electron chi connectivity index (χ2n) is 13.4. The van der Waals surface area contributed by atoms with Gasteiger partial charge in [0.15, 0.2) is 5.75 Å². The van der Waals surface area contributed by atoms with Gasteiger partial charge in [0.05, 0.1) is 41.2 Å². The van der Waals surface area contributed by atoms with Crippen LogP contribution in [0.3, 0.4) is 0 Å². The van der Waals surface area contributed by atoms with Crippen LogP contribution in [0.1, 0.15) is 64.4 Å². The molecular weight excluding hydrogens is 650 g/mol. The number of phenols is 3. The summed E-state index contributed by atoms with van der Waals surface area (Å²) in [7, 11) is 1.43. The molecule has 6 N–H and O–H groups in total. The maximum Gasteiger partial charge on any atom is 0.312 e. The van der Waals surface area contributed by atoms with Crippen molar-refractivity contribution in [2.45, 2.75) is 85.6 Å². The van der Waals surface area contributed by atoms with Crippen LogP contribution in [-0.2, 0) is 23.8 Å². The van der Waals surface area contributed by atoms with Crippen molar-refractivity contribution < 1.29 is 58.9 Å². The van der Waals surface area contributed by atoms with E-state index in [4.69, 9.17) is 18.9 Å². The van der Waals surface area contributed by atoms with E-state index in [0.717, 1.165) is 6.07 Å². The van der Waals surface area contributed by atoms with Gasteiger partial charge in [-0.15, -0.1) is 0 Å². The summed E-state index contributed by atoms with van der Waals surface area (Å²) in [6, 6.07) is 1.06. The van der Waals surface area contributed by atoms with Crippen LogP contribution in [0.25, 0.3) is 10.8 Å². The van der Waals surface area contributed by atoms with E-state index in [1.807, 2.05) is 0 Å². The second-order valence-corrected chi connectivity index (χ2v) is 13.4. The van der Waals surface area contributed by atoms with Gasteiger partial charge >= 0.3 is 11.8 Å². The van der Waals surface area contributed by atoms with Gasteiger partial charge in [0.2, 0.25) is 0 Å². The average Bonchev–Trinajstić information content (AvgIpc) is 3.33. The van der Waals surface area contributed by atoms with E-state index in [2.05, 4.69) is 5.32 Å². The molecule has 1 amide bonds. The number of ether oxygens (including phenoxy) is 4. The maximum absolute atomic E-state index is 13.9. The summed E-state index contributed by atoms with van der Waals surface area (Å²) >= 11 is 0. The van der Waals surface area contributed by atoms with Crippen molar-refractivity contribution in [1.82, 2.24) is 0 Å². The fourth-order valence-electron chi connectivity index (χ4n) is 6.65. The van der Waals surface area contributed by atoms with Crippen LogP contribution in [-0.4, -0.2) is 80.5 Å². The number of aromatic hydroxyl groups is 3. The Bertz CT molecular complexity index is 1760. The van der Waals surface area contributed by atoms with Crippen LogP contribution < -0.4 is 10.1 Å². The number of allylic oxidation sites excluding steroid dienone is 2. The number of aliphatic hydroxyl groups excluding tert-OH is 2. The van der Waals surface area contributed by atoms with Crippen LogP contribution in [0.4, 0.5) is 5.69 Å². The van der Waals surface area contributed by atoms with E-state index in [0.29, 0.717) is 0 Å². The number of carbonyl (C=O) groups is 3. The summed E-state index contributed by atoms with van der Waals surface area (Å²) < 4.78 is 23.2. The standard InChI is InChI=1S/C37H47NO12/c1-16-11-10-12-17(2)36(46)38-23-15-24(40)26-27(32(23)44)31(43)21(6)34-28(26)35(45)37(8,50-34)48-14-13-25(47-9)18(3)33(49-22(7)39)20(5)30(42)19(4)29(16)41/h10-16,18-20,25,29-30,33,40-44H,1-9H3,(H,38,46)/b11-10+,14-13+,17-12-/t16-,18-,19-,20-,25+,29-,30-,33-,37-/m0/s1. The smallest absolute Gasteiger partial charge is 0.312 e. The van der Waals surface area contributed by atoms with Gasteiger partial charge in [-0.05, 0) is 19.9 Å². The first-order chi connectivity index (χ1) is 23.4. The summed E-state index contributed by atoms with van der Waals surface area (Å²) in [5, 5.41) is 58.2. The minimum atomic E-state index is -1.98. The Morgan fingerprint density at radius 1 is 0.940 bits per heavy atom. The van der Waals surface area contributed by atoms with Crippen molar-refractivity contribution in [3.8, 4) is 23.0 Å². The number of aliphatic hydroxyl groups is 2. The molecule has 5 bridgehead atoms. The highest BCUT2D eigenvalue weighted by Gasteiger charge is 2.49. The number of methoxy groups -OCH3 is 1. The molecular formula is C37H47NO12. The Morgan fingerprint density at radius 2 is 1.60 bits per heavy atom. The number of rotatable bonds is 2. The largest absolute Gasteiger partial charge is 0.507 e. The minimum absolute atomic E-state index is 0.0709. The first kappa shape index (κ1) is 38.2. The molecule has 3 heterocycles. The van der Waals surface area contributed by atoms with Gasteiger partial charge in [0.1, 0.15) is 23.4 Å². The summed E-state index contributed by atoms with van der Waals surface area (Å²) in [6.45, 7) is 12.5. The van der Waals surface area contributed by atoms with Crippen LogP contribution in [0, 0.1) is 30.6 Å². The highest BCUT2D eigenvalue weighted by molar-refractivity contribution is 6.21. The fraction of sp³-hybridized carbons (Fsp3) is 0.486. The number of hydrogen-bond donors (Lipinski definition) is 6. The molecule has 5 rings (SSSR count). The number of ketones is 1. The molecule has 9 atom stereocenters. The van der Waals surface area contributed by atoms with Crippen LogP contribution >= 0.6 is 0 Å². The monoisotopic (exact) mass is 697 g/mol. The quantitative estimate of drug-likeness (QED) is 0.143. The average molecular weight is 698 g/mol. The van der Waals surface area contributed by atoms with E-state index >= 15 is 0 Å². The molecule has 0 spiro atoms. The lowest BCUT2D eigenvalue weighted by molar-refractivity contribution is -0.160. The Hall–Kier alpha value is -4.59. The summed E-state index contributed by atoms with van der Waals surface area (Å²) in [4.78, 5) is 39.2. The number of nitrogens with one attached hydrogen (secondary N) is 1. The number of anilines is 1. The third-order valence-corrected chi connectivity index (χ3v) is 9.84. The molecule has 3 aliphatic heterocycles. The van der Waals surface area contributed by atoms with Crippen LogP contribution in [0.5, 0.6) is 23.0 Å². The van der Waals surface area contributed by atoms with Gasteiger partial charge in [-0.2, -0.15) is 0 Å². The minimum Gasteiger partial charge on any atom is -0.507 e. The van der Waals surface area contributed by atoms with Gasteiger partial charge in [-0.25, -0.2) is 0 Å². The number of amides is 1. The van der Waals surface area contributed by atoms with Crippen molar-refractivity contribution in [2.24, 2.45) is 23.7 Å². The topological polar surface area (TPSA) is 201 Å². The maximum atomic E-state index is 13.9. The molecule has 0 unspecified atom stereocenters. The fourth-order valence-corrected chi connectivity index (χ4v) is 6.65. The molecule has 0 saturated heterocycles. The zero-order valence-electron chi connectivity index (χ0n) is 29.7. The predicted molar refractivity (Wildman–Crippen MR) is 184 cm³/mol. The zero-order chi connectivity index (χ0) is 37.4. The number of Topliss-reactive ketones (excluding diaryl/α,β-unsaturated/α-hetero) is 1. The van der Waals surface area contributed by atoms with Crippen molar-refractivity contribution in [3.05, 3.63) is 53.3 Å². The number of benzene rings is 2. The van der Waals surface area contributed by atoms with Crippen molar-refractivity contribution in [3.63, 3.8) is 0 Å². The number of esters is 1. The third kappa shape index (κ3) is 7.03. The van der Waals surface area contributed by atoms with Gasteiger partial charge in [0, 0.05) is 67.2 Å². The predicted octanol–water partition coefficient (Wildman–Crippen LogP) is 4.75. The molecule has 0 fully saturated rings. The number of phenolic OH excluding ortho intramolecular Hbond substituents is 3. The summed E-state index contributed by atoms with van der Waals surface area (Å²) in [5.74, 6) is -7.99. The summed E-state index contributed by atoms with van der Waals surface area (Å²) in [5.41, 5.74) is -0.0929. The summed E-state index contributed by atoms with van der Waals surface area (Å²) in [6.07, 6.45) is 3.62. The Morgan fingerprint density at radius 3 is 2.22 bits per heavy atom. The molecule has 272 valence electrons. The lowest BCUT2D eigenvalue weighted by atomic mass is 9.78. The zero-order valence-corrected chi connectivity index (χ0v) is 29.7. The lowest BCUT2D eigenvalue weighted by Gasteiger charge is -2.38. The van der Waals surface area contributed by atoms with Gasteiger partial charge in [-0.3, -0.25) is 14.4 Å². The molecule has 2 aromatic rings. The van der Waals surface area contributed by atoms with E-state index in [1.165, 1.54) is 53.2 Å². The van der Waals surface area contributed by atoms with E-state index in [1.54, 1.807) is 39.8 Å². The Labute approximate surface area is 290 Å². The molecule has 2 aromatic carbocycles. The van der Waals surface area contributed by atoms with E-state index in [9.17, 15) is 39.9 Å². The number of fused-ring (bicyclic) bond motifs is 14. The molecule has 13 heteroatoms. The SMILES string of the molecule is CO[C@@H]1/C=C/O[C@@]2(C)Oc3c(C)c(O)c4c(O)c(cc(O)c4c3C2=O)NC(=O)/C(C)=C\C=C\[C@H](C)[C@H](O)[C@H](C)[C@H](O)[C@H](C)[C@@H](OC(C)=O)[C@H]1C. The molecule has 0 saturated carbocycles. The highest BCUT2D eigenvalue weighted by atomic mass is 16.7. The Balaban J connectivity index is 1.87. The lowest BCUT2D eigenvalue weighted by Crippen LogP contribution is -2.46. The van der Waals surface area contributed by atoms with Crippen LogP contribution in [0.15, 0.2) is 42.2 Å². The van der Waals surface area contributed by atoms with Crippen molar-refractivity contribution in [2.75, 3.05) is 12.4 Å². The Kier molecular flexibility index (Phi) is 11.2.